The second-order valence-corrected chi connectivity index (χ2v) is 4.09. The molecule has 0 bridgehead atoms. The monoisotopic (exact) mass is 214 g/mol. The first kappa shape index (κ1) is 11.8. The Morgan fingerprint density at radius 1 is 1.53 bits per heavy atom. The smallest absolute Gasteiger partial charge is 0.326 e. The van der Waals surface area contributed by atoms with Gasteiger partial charge in [-0.25, -0.2) is 9.59 Å². The molecule has 15 heavy (non-hydrogen) atoms. The molecule has 0 saturated carbocycles. The summed E-state index contributed by atoms with van der Waals surface area (Å²) in [5, 5.41) is 8.80. The van der Waals surface area contributed by atoms with Gasteiger partial charge in [-0.05, 0) is 26.7 Å². The van der Waals surface area contributed by atoms with Gasteiger partial charge in [0.2, 0.25) is 0 Å². The fourth-order valence-electron chi connectivity index (χ4n) is 1.75. The number of hydrogen-bond acceptors (Lipinski definition) is 2. The van der Waals surface area contributed by atoms with Crippen LogP contribution in [0.5, 0.6) is 0 Å². The first-order valence-corrected chi connectivity index (χ1v) is 5.21. The van der Waals surface area contributed by atoms with E-state index in [2.05, 4.69) is 0 Å². The van der Waals surface area contributed by atoms with E-state index in [9.17, 15) is 9.59 Å². The Kier molecular flexibility index (Phi) is 3.55. The molecule has 5 heteroatoms. The van der Waals surface area contributed by atoms with Crippen LogP contribution in [0.4, 0.5) is 4.79 Å². The van der Waals surface area contributed by atoms with Gasteiger partial charge in [0.25, 0.3) is 0 Å². The largest absolute Gasteiger partial charge is 0.480 e. The molecule has 0 spiro atoms. The molecule has 0 radical (unpaired) electrons. The van der Waals surface area contributed by atoms with Crippen LogP contribution in [0.3, 0.4) is 0 Å². The lowest BCUT2D eigenvalue weighted by molar-refractivity contribution is -0.141. The number of urea groups is 1. The van der Waals surface area contributed by atoms with E-state index in [0.717, 1.165) is 19.4 Å². The van der Waals surface area contributed by atoms with Gasteiger partial charge in [0, 0.05) is 19.6 Å². The Labute approximate surface area is 89.7 Å². The van der Waals surface area contributed by atoms with Crippen molar-refractivity contribution in [2.75, 3.05) is 13.6 Å². The van der Waals surface area contributed by atoms with Gasteiger partial charge in [0.05, 0.1) is 0 Å². The Morgan fingerprint density at radius 3 is 2.53 bits per heavy atom. The minimum Gasteiger partial charge on any atom is -0.480 e. The zero-order chi connectivity index (χ0) is 11.6. The Balaban J connectivity index is 2.63. The highest BCUT2D eigenvalue weighted by Crippen LogP contribution is 2.18. The Hall–Kier alpha value is -1.26. The second kappa shape index (κ2) is 4.51. The van der Waals surface area contributed by atoms with Crippen LogP contribution in [-0.2, 0) is 4.79 Å². The first-order valence-electron chi connectivity index (χ1n) is 5.21. The Morgan fingerprint density at radius 2 is 2.13 bits per heavy atom. The lowest BCUT2D eigenvalue weighted by atomic mass is 10.2. The normalized spacial score (nSPS) is 22.6. The average Bonchev–Trinajstić information content (AvgIpc) is 2.60. The lowest BCUT2D eigenvalue weighted by Gasteiger charge is -2.29. The minimum atomic E-state index is -0.974. The van der Waals surface area contributed by atoms with Gasteiger partial charge in [-0.2, -0.15) is 0 Å². The van der Waals surface area contributed by atoms with Gasteiger partial charge in [0.1, 0.15) is 6.04 Å². The fraction of sp³-hybridized carbons (Fsp3) is 0.800. The maximum absolute atomic E-state index is 11.9. The molecule has 1 heterocycles. The number of aliphatic carboxylic acids is 1. The molecule has 0 aliphatic carbocycles. The van der Waals surface area contributed by atoms with E-state index < -0.39 is 12.0 Å². The molecule has 2 unspecified atom stereocenters. The standard InChI is InChI=1S/C10H18N2O3/c1-7-5-4-6-12(7)10(15)11(3)8(2)9(13)14/h7-8H,4-6H2,1-3H3,(H,13,14). The molecular weight excluding hydrogens is 196 g/mol. The molecule has 1 aliphatic rings. The van der Waals surface area contributed by atoms with Crippen LogP contribution in [0.1, 0.15) is 26.7 Å². The maximum atomic E-state index is 11.9. The highest BCUT2D eigenvalue weighted by molar-refractivity contribution is 5.82. The van der Waals surface area contributed by atoms with Gasteiger partial charge in [-0.3, -0.25) is 0 Å². The third kappa shape index (κ3) is 2.40. The summed E-state index contributed by atoms with van der Waals surface area (Å²) in [6, 6.07) is -0.735. The number of hydrogen-bond donors (Lipinski definition) is 1. The molecule has 1 aliphatic heterocycles. The van der Waals surface area contributed by atoms with E-state index in [4.69, 9.17) is 5.11 Å². The minimum absolute atomic E-state index is 0.185. The van der Waals surface area contributed by atoms with Crippen molar-refractivity contribution in [3.05, 3.63) is 0 Å². The second-order valence-electron chi connectivity index (χ2n) is 4.09. The molecule has 5 nitrogen and oxygen atoms in total. The molecule has 2 amide bonds. The number of nitrogens with zero attached hydrogens (tertiary/aromatic N) is 2. The molecule has 1 saturated heterocycles. The van der Waals surface area contributed by atoms with Crippen molar-refractivity contribution in [3.63, 3.8) is 0 Å². The van der Waals surface area contributed by atoms with E-state index in [-0.39, 0.29) is 12.1 Å². The van der Waals surface area contributed by atoms with Crippen LogP contribution in [-0.4, -0.2) is 52.6 Å². The molecule has 1 rings (SSSR count). The fourth-order valence-corrected chi connectivity index (χ4v) is 1.75. The van der Waals surface area contributed by atoms with E-state index >= 15 is 0 Å². The van der Waals surface area contributed by atoms with Crippen molar-refractivity contribution in [1.29, 1.82) is 0 Å². The third-order valence-corrected chi connectivity index (χ3v) is 3.04. The third-order valence-electron chi connectivity index (χ3n) is 3.04. The van der Waals surface area contributed by atoms with Crippen molar-refractivity contribution >= 4 is 12.0 Å². The molecule has 0 aromatic carbocycles. The SMILES string of the molecule is CC(C(=O)O)N(C)C(=O)N1CCCC1C. The summed E-state index contributed by atoms with van der Waals surface area (Å²) in [5.74, 6) is -0.974. The first-order chi connectivity index (χ1) is 6.95. The van der Waals surface area contributed by atoms with Crippen LogP contribution in [0.15, 0.2) is 0 Å². The van der Waals surface area contributed by atoms with Crippen LogP contribution in [0, 0.1) is 0 Å². The zero-order valence-electron chi connectivity index (χ0n) is 9.43. The summed E-state index contributed by atoms with van der Waals surface area (Å²) in [7, 11) is 1.53. The topological polar surface area (TPSA) is 60.9 Å². The molecule has 0 aromatic rings. The van der Waals surface area contributed by atoms with Crippen LogP contribution < -0.4 is 0 Å². The van der Waals surface area contributed by atoms with E-state index in [1.54, 1.807) is 4.90 Å². The molecular formula is C10H18N2O3. The van der Waals surface area contributed by atoms with Gasteiger partial charge in [-0.15, -0.1) is 0 Å². The summed E-state index contributed by atoms with van der Waals surface area (Å²) in [5.41, 5.74) is 0. The van der Waals surface area contributed by atoms with Gasteiger partial charge in [-0.1, -0.05) is 0 Å². The number of carboxylic acid groups (broad SMARTS) is 1. The number of carboxylic acids is 1. The Bertz CT molecular complexity index is 267. The highest BCUT2D eigenvalue weighted by atomic mass is 16.4. The number of carbonyl (C=O) groups is 2. The predicted molar refractivity (Wildman–Crippen MR) is 55.7 cm³/mol. The zero-order valence-corrected chi connectivity index (χ0v) is 9.43. The van der Waals surface area contributed by atoms with Gasteiger partial charge < -0.3 is 14.9 Å². The van der Waals surface area contributed by atoms with Crippen molar-refractivity contribution in [2.45, 2.75) is 38.8 Å². The predicted octanol–water partition coefficient (Wildman–Crippen LogP) is 0.996. The molecule has 1 fully saturated rings. The lowest BCUT2D eigenvalue weighted by Crippen LogP contribution is -2.48. The van der Waals surface area contributed by atoms with Crippen LogP contribution >= 0.6 is 0 Å². The maximum Gasteiger partial charge on any atom is 0.326 e. The summed E-state index contributed by atoms with van der Waals surface area (Å²) < 4.78 is 0. The van der Waals surface area contributed by atoms with Crippen molar-refractivity contribution in [1.82, 2.24) is 9.80 Å². The van der Waals surface area contributed by atoms with E-state index in [1.807, 2.05) is 6.92 Å². The van der Waals surface area contributed by atoms with Crippen molar-refractivity contribution in [2.24, 2.45) is 0 Å². The number of likely N-dealkylation sites (tertiary alicyclic amines) is 1. The summed E-state index contributed by atoms with van der Waals surface area (Å²) in [4.78, 5) is 25.6. The molecule has 2 atom stereocenters. The summed E-state index contributed by atoms with van der Waals surface area (Å²) >= 11 is 0. The quantitative estimate of drug-likeness (QED) is 0.745. The molecule has 86 valence electrons. The van der Waals surface area contributed by atoms with Crippen LogP contribution in [0.25, 0.3) is 0 Å². The average molecular weight is 214 g/mol. The van der Waals surface area contributed by atoms with E-state index in [1.165, 1.54) is 18.9 Å². The highest BCUT2D eigenvalue weighted by Gasteiger charge is 2.31. The number of amides is 2. The van der Waals surface area contributed by atoms with Crippen molar-refractivity contribution < 1.29 is 14.7 Å². The summed E-state index contributed by atoms with van der Waals surface area (Å²) in [6.45, 7) is 4.24. The van der Waals surface area contributed by atoms with Crippen molar-refractivity contribution in [3.8, 4) is 0 Å². The van der Waals surface area contributed by atoms with Crippen LogP contribution in [0.2, 0.25) is 0 Å². The number of likely N-dealkylation sites (N-methyl/N-ethyl adjacent to an activating group) is 1. The number of carbonyl (C=O) groups excluding carboxylic acids is 1. The van der Waals surface area contributed by atoms with Gasteiger partial charge >= 0.3 is 12.0 Å². The van der Waals surface area contributed by atoms with E-state index in [0.29, 0.717) is 0 Å². The summed E-state index contributed by atoms with van der Waals surface area (Å²) in [6.07, 6.45) is 2.00. The van der Waals surface area contributed by atoms with Gasteiger partial charge in [0.15, 0.2) is 0 Å². The molecule has 1 N–H and O–H groups in total. The molecule has 0 aromatic heterocycles. The number of rotatable bonds is 2.